The first kappa shape index (κ1) is 22.5. The minimum absolute atomic E-state index is 0.0138. The van der Waals surface area contributed by atoms with Gasteiger partial charge in [-0.25, -0.2) is 0 Å². The Hall–Kier alpha value is -0.540. The van der Waals surface area contributed by atoms with E-state index in [1.807, 2.05) is 0 Å². The number of hydrogen-bond acceptors (Lipinski definition) is 6. The number of hydrogen-bond donors (Lipinski definition) is 4. The van der Waals surface area contributed by atoms with E-state index in [1.165, 1.54) is 0 Å². The molecule has 1 aromatic carbocycles. The van der Waals surface area contributed by atoms with E-state index in [4.69, 9.17) is 43.6 Å². The van der Waals surface area contributed by atoms with E-state index in [1.54, 1.807) is 23.1 Å². The fraction of sp³-hybridized carbons (Fsp3) is 0.500. The fourth-order valence-electron chi connectivity index (χ4n) is 1.49. The lowest BCUT2D eigenvalue weighted by Gasteiger charge is -2.17. The van der Waals surface area contributed by atoms with Gasteiger partial charge in [0.1, 0.15) is 0 Å². The maximum absolute atomic E-state index is 10.3. The first-order valence-electron chi connectivity index (χ1n) is 6.79. The summed E-state index contributed by atoms with van der Waals surface area (Å²) in [6.07, 6.45) is 0. The van der Waals surface area contributed by atoms with Crippen LogP contribution in [-0.2, 0) is 4.79 Å². The van der Waals surface area contributed by atoms with Crippen molar-refractivity contribution < 1.29 is 25.2 Å². The predicted molar refractivity (Wildman–Crippen MR) is 92.5 cm³/mol. The molecule has 0 radical (unpaired) electrons. The second kappa shape index (κ2) is 13.9. The summed E-state index contributed by atoms with van der Waals surface area (Å²) in [5, 5.41) is 35.0. The van der Waals surface area contributed by atoms with Crippen molar-refractivity contribution in [2.75, 3.05) is 45.2 Å². The number of aliphatic carboxylic acids is 1. The molecule has 4 N–H and O–H groups in total. The monoisotopic (exact) mass is 385 g/mol. The van der Waals surface area contributed by atoms with Crippen LogP contribution in [0.25, 0.3) is 0 Å². The van der Waals surface area contributed by atoms with E-state index in [2.05, 4.69) is 0 Å². The first-order chi connectivity index (χ1) is 10.9. The van der Waals surface area contributed by atoms with Crippen molar-refractivity contribution in [3.8, 4) is 0 Å². The lowest BCUT2D eigenvalue weighted by Crippen LogP contribution is -2.32. The molecule has 0 aromatic heterocycles. The zero-order valence-corrected chi connectivity index (χ0v) is 14.8. The first-order valence-corrected chi connectivity index (χ1v) is 8.53. The third-order valence-electron chi connectivity index (χ3n) is 2.49. The topological polar surface area (TPSA) is 101 Å². The van der Waals surface area contributed by atoms with Crippen LogP contribution in [0.1, 0.15) is 0 Å². The summed E-state index contributed by atoms with van der Waals surface area (Å²) in [6.45, 7) is 1.75. The van der Waals surface area contributed by atoms with Gasteiger partial charge >= 0.3 is 5.97 Å². The lowest BCUT2D eigenvalue weighted by molar-refractivity contribution is -0.133. The molecule has 0 spiro atoms. The Bertz CT molecular complexity index is 451. The highest BCUT2D eigenvalue weighted by Gasteiger charge is 2.04. The minimum atomic E-state index is -0.874. The zero-order valence-electron chi connectivity index (χ0n) is 12.5. The molecule has 0 saturated heterocycles. The van der Waals surface area contributed by atoms with Crippen LogP contribution in [0.2, 0.25) is 10.0 Å². The summed E-state index contributed by atoms with van der Waals surface area (Å²) in [5.74, 6) is -0.888. The standard InChI is InChI=1S/C8H6Cl2O2S.C6H15NO3/c9-5-1-2-6(10)7(3-5)13-4-8(11)12;8-4-1-7(2-5-9)3-6-10/h1-3H,4H2,(H,11,12);8-10H,1-6H2. The number of carboxylic acid groups (broad SMARTS) is 1. The Morgan fingerprint density at radius 3 is 2.00 bits per heavy atom. The number of thioether (sulfide) groups is 1. The molecule has 0 saturated carbocycles. The number of aliphatic hydroxyl groups excluding tert-OH is 3. The number of carboxylic acids is 1. The second-order valence-electron chi connectivity index (χ2n) is 4.27. The summed E-state index contributed by atoms with van der Waals surface area (Å²) in [4.78, 5) is 12.8. The average molecular weight is 386 g/mol. The average Bonchev–Trinajstić information content (AvgIpc) is 2.49. The molecule has 0 aliphatic carbocycles. The Balaban J connectivity index is 0.000000438. The molecule has 1 aromatic rings. The Kier molecular flexibility index (Phi) is 13.5. The van der Waals surface area contributed by atoms with E-state index in [0.717, 1.165) is 11.8 Å². The zero-order chi connectivity index (χ0) is 17.7. The molecular weight excluding hydrogens is 365 g/mol. The number of aliphatic hydroxyl groups is 3. The maximum atomic E-state index is 10.3. The highest BCUT2D eigenvalue weighted by atomic mass is 35.5. The van der Waals surface area contributed by atoms with Gasteiger partial charge in [-0.15, -0.1) is 11.8 Å². The molecule has 0 aliphatic heterocycles. The molecule has 0 unspecified atom stereocenters. The minimum Gasteiger partial charge on any atom is -0.481 e. The van der Waals surface area contributed by atoms with Gasteiger partial charge in [0, 0.05) is 29.6 Å². The van der Waals surface area contributed by atoms with Crippen LogP contribution >= 0.6 is 35.0 Å². The highest BCUT2D eigenvalue weighted by molar-refractivity contribution is 8.00. The molecule has 1 rings (SSSR count). The van der Waals surface area contributed by atoms with Crippen LogP contribution in [0.15, 0.2) is 23.1 Å². The quantitative estimate of drug-likeness (QED) is 0.477. The number of rotatable bonds is 9. The van der Waals surface area contributed by atoms with Gasteiger partial charge in [-0.3, -0.25) is 9.69 Å². The van der Waals surface area contributed by atoms with Crippen LogP contribution in [0.5, 0.6) is 0 Å². The van der Waals surface area contributed by atoms with Crippen molar-refractivity contribution in [3.05, 3.63) is 28.2 Å². The van der Waals surface area contributed by atoms with Gasteiger partial charge in [0.15, 0.2) is 0 Å². The van der Waals surface area contributed by atoms with Crippen LogP contribution in [0, 0.1) is 0 Å². The summed E-state index contributed by atoms with van der Waals surface area (Å²) < 4.78 is 0. The molecule has 23 heavy (non-hydrogen) atoms. The van der Waals surface area contributed by atoms with Crippen molar-refractivity contribution in [3.63, 3.8) is 0 Å². The van der Waals surface area contributed by atoms with Gasteiger partial charge in [0.2, 0.25) is 0 Å². The molecule has 0 bridgehead atoms. The molecule has 132 valence electrons. The largest absolute Gasteiger partial charge is 0.481 e. The van der Waals surface area contributed by atoms with Crippen molar-refractivity contribution in [2.45, 2.75) is 4.90 Å². The number of carbonyl (C=O) groups is 1. The van der Waals surface area contributed by atoms with Crippen molar-refractivity contribution in [1.82, 2.24) is 4.90 Å². The number of benzene rings is 1. The van der Waals surface area contributed by atoms with E-state index in [9.17, 15) is 4.79 Å². The van der Waals surface area contributed by atoms with Crippen LogP contribution in [-0.4, -0.2) is 76.5 Å². The Morgan fingerprint density at radius 2 is 1.57 bits per heavy atom. The molecule has 6 nitrogen and oxygen atoms in total. The summed E-state index contributed by atoms with van der Waals surface area (Å²) in [5.41, 5.74) is 0. The van der Waals surface area contributed by atoms with Gasteiger partial charge < -0.3 is 20.4 Å². The molecule has 0 atom stereocenters. The Labute approximate surface area is 149 Å². The van der Waals surface area contributed by atoms with E-state index in [-0.39, 0.29) is 25.6 Å². The van der Waals surface area contributed by atoms with Crippen molar-refractivity contribution >= 4 is 40.9 Å². The van der Waals surface area contributed by atoms with Gasteiger partial charge in [-0.2, -0.15) is 0 Å². The predicted octanol–water partition coefficient (Wildman–Crippen LogP) is 1.44. The third-order valence-corrected chi connectivity index (χ3v) is 4.21. The van der Waals surface area contributed by atoms with Gasteiger partial charge in [0.25, 0.3) is 0 Å². The summed E-state index contributed by atoms with van der Waals surface area (Å²) in [7, 11) is 0. The smallest absolute Gasteiger partial charge is 0.313 e. The summed E-state index contributed by atoms with van der Waals surface area (Å²) >= 11 is 12.7. The fourth-order valence-corrected chi connectivity index (χ4v) is 2.70. The Morgan fingerprint density at radius 1 is 1.04 bits per heavy atom. The highest BCUT2D eigenvalue weighted by Crippen LogP contribution is 2.29. The second-order valence-corrected chi connectivity index (χ2v) is 6.13. The molecule has 0 aliphatic rings. The molecular formula is C14H21Cl2NO5S. The van der Waals surface area contributed by atoms with Crippen molar-refractivity contribution in [1.29, 1.82) is 0 Å². The van der Waals surface area contributed by atoms with Gasteiger partial charge in [-0.1, -0.05) is 23.2 Å². The summed E-state index contributed by atoms with van der Waals surface area (Å²) in [6, 6.07) is 4.96. The number of halogens is 2. The van der Waals surface area contributed by atoms with Crippen LogP contribution < -0.4 is 0 Å². The molecule has 0 amide bonds. The normalized spacial score (nSPS) is 10.3. The lowest BCUT2D eigenvalue weighted by atomic mass is 10.4. The molecule has 0 heterocycles. The van der Waals surface area contributed by atoms with E-state index >= 15 is 0 Å². The van der Waals surface area contributed by atoms with E-state index < -0.39 is 5.97 Å². The molecule has 9 heteroatoms. The van der Waals surface area contributed by atoms with E-state index in [0.29, 0.717) is 34.6 Å². The molecule has 0 fully saturated rings. The van der Waals surface area contributed by atoms with Crippen LogP contribution in [0.4, 0.5) is 0 Å². The van der Waals surface area contributed by atoms with Gasteiger partial charge in [0.05, 0.1) is 30.6 Å². The van der Waals surface area contributed by atoms with Crippen LogP contribution in [0.3, 0.4) is 0 Å². The third kappa shape index (κ3) is 11.6. The van der Waals surface area contributed by atoms with Gasteiger partial charge in [-0.05, 0) is 18.2 Å². The SMILES string of the molecule is O=C(O)CSc1cc(Cl)ccc1Cl.OCCN(CCO)CCO. The number of nitrogens with zero attached hydrogens (tertiary/aromatic N) is 1. The maximum Gasteiger partial charge on any atom is 0.313 e. The van der Waals surface area contributed by atoms with Crippen molar-refractivity contribution in [2.24, 2.45) is 0 Å².